The van der Waals surface area contributed by atoms with Crippen LogP contribution in [0.4, 0.5) is 8.78 Å². The highest BCUT2D eigenvalue weighted by Gasteiger charge is 2.18. The van der Waals surface area contributed by atoms with Gasteiger partial charge in [0.05, 0.1) is 6.61 Å². The Morgan fingerprint density at radius 3 is 2.71 bits per heavy atom. The Labute approximate surface area is 126 Å². The standard InChI is InChI=1S/C16H26F2N2O/c1-4-9-19-15(8-10-20(2)11-12-21-3)13-6-5-7-14(17)16(13)18/h5-7,15,19H,4,8-12H2,1-3H3. The maximum absolute atomic E-state index is 14.0. The fourth-order valence-corrected chi connectivity index (χ4v) is 2.18. The van der Waals surface area contributed by atoms with E-state index in [0.717, 1.165) is 38.5 Å². The summed E-state index contributed by atoms with van der Waals surface area (Å²) in [6.45, 7) is 5.11. The van der Waals surface area contributed by atoms with E-state index in [9.17, 15) is 8.78 Å². The summed E-state index contributed by atoms with van der Waals surface area (Å²) in [7, 11) is 3.67. The molecule has 0 spiro atoms. The third kappa shape index (κ3) is 6.08. The van der Waals surface area contributed by atoms with Gasteiger partial charge in [0.25, 0.3) is 0 Å². The van der Waals surface area contributed by atoms with Crippen molar-refractivity contribution in [1.29, 1.82) is 0 Å². The van der Waals surface area contributed by atoms with Gasteiger partial charge < -0.3 is 15.0 Å². The third-order valence-electron chi connectivity index (χ3n) is 3.47. The maximum Gasteiger partial charge on any atom is 0.163 e. The Bertz CT molecular complexity index is 415. The smallest absolute Gasteiger partial charge is 0.163 e. The molecule has 0 fully saturated rings. The van der Waals surface area contributed by atoms with E-state index in [-0.39, 0.29) is 6.04 Å². The molecular formula is C16H26F2N2O. The van der Waals surface area contributed by atoms with Crippen LogP contribution in [0.25, 0.3) is 0 Å². The van der Waals surface area contributed by atoms with Gasteiger partial charge in [-0.05, 0) is 39.0 Å². The van der Waals surface area contributed by atoms with E-state index in [2.05, 4.69) is 17.1 Å². The van der Waals surface area contributed by atoms with Gasteiger partial charge in [0.2, 0.25) is 0 Å². The zero-order valence-corrected chi connectivity index (χ0v) is 13.2. The average molecular weight is 300 g/mol. The van der Waals surface area contributed by atoms with Crippen molar-refractivity contribution in [2.45, 2.75) is 25.8 Å². The van der Waals surface area contributed by atoms with Gasteiger partial charge in [-0.15, -0.1) is 0 Å². The second-order valence-electron chi connectivity index (χ2n) is 5.23. The molecule has 1 N–H and O–H groups in total. The molecule has 1 unspecified atom stereocenters. The van der Waals surface area contributed by atoms with Crippen LogP contribution in [0, 0.1) is 11.6 Å². The van der Waals surface area contributed by atoms with Crippen LogP contribution in [-0.2, 0) is 4.74 Å². The van der Waals surface area contributed by atoms with Crippen LogP contribution in [-0.4, -0.2) is 45.3 Å². The summed E-state index contributed by atoms with van der Waals surface area (Å²) < 4.78 is 32.4. The Morgan fingerprint density at radius 2 is 2.05 bits per heavy atom. The SMILES string of the molecule is CCCNC(CCN(C)CCOC)c1cccc(F)c1F. The molecule has 0 bridgehead atoms. The second-order valence-corrected chi connectivity index (χ2v) is 5.23. The number of hydrogen-bond acceptors (Lipinski definition) is 3. The van der Waals surface area contributed by atoms with Crippen molar-refractivity contribution in [2.24, 2.45) is 0 Å². The highest BCUT2D eigenvalue weighted by atomic mass is 19.2. The van der Waals surface area contributed by atoms with E-state index in [4.69, 9.17) is 4.74 Å². The van der Waals surface area contributed by atoms with Crippen molar-refractivity contribution in [3.8, 4) is 0 Å². The predicted molar refractivity (Wildman–Crippen MR) is 81.4 cm³/mol. The van der Waals surface area contributed by atoms with Gasteiger partial charge in [0, 0.05) is 25.3 Å². The summed E-state index contributed by atoms with van der Waals surface area (Å²) in [6.07, 6.45) is 1.67. The first-order valence-corrected chi connectivity index (χ1v) is 7.44. The molecule has 0 aliphatic heterocycles. The number of rotatable bonds is 10. The van der Waals surface area contributed by atoms with E-state index in [1.54, 1.807) is 19.2 Å². The fourth-order valence-electron chi connectivity index (χ4n) is 2.18. The molecular weight excluding hydrogens is 274 g/mol. The van der Waals surface area contributed by atoms with Crippen molar-refractivity contribution >= 4 is 0 Å². The summed E-state index contributed by atoms with van der Waals surface area (Å²) in [5.74, 6) is -1.53. The third-order valence-corrected chi connectivity index (χ3v) is 3.47. The van der Waals surface area contributed by atoms with Crippen molar-refractivity contribution in [3.05, 3.63) is 35.4 Å². The Kier molecular flexibility index (Phi) is 8.42. The summed E-state index contributed by atoms with van der Waals surface area (Å²) in [5.41, 5.74) is 0.406. The number of nitrogens with zero attached hydrogens (tertiary/aromatic N) is 1. The fraction of sp³-hybridized carbons (Fsp3) is 0.625. The van der Waals surface area contributed by atoms with Crippen LogP contribution in [0.3, 0.4) is 0 Å². The number of hydrogen-bond donors (Lipinski definition) is 1. The molecule has 3 nitrogen and oxygen atoms in total. The monoisotopic (exact) mass is 300 g/mol. The lowest BCUT2D eigenvalue weighted by atomic mass is 10.0. The van der Waals surface area contributed by atoms with Crippen LogP contribution in [0.2, 0.25) is 0 Å². The normalized spacial score (nSPS) is 12.9. The molecule has 21 heavy (non-hydrogen) atoms. The van der Waals surface area contributed by atoms with Gasteiger partial charge >= 0.3 is 0 Å². The topological polar surface area (TPSA) is 24.5 Å². The van der Waals surface area contributed by atoms with Gasteiger partial charge in [-0.1, -0.05) is 19.1 Å². The molecule has 5 heteroatoms. The predicted octanol–water partition coefficient (Wildman–Crippen LogP) is 2.97. The highest BCUT2D eigenvalue weighted by Crippen LogP contribution is 2.22. The molecule has 0 heterocycles. The van der Waals surface area contributed by atoms with Crippen molar-refractivity contribution in [3.63, 3.8) is 0 Å². The van der Waals surface area contributed by atoms with Gasteiger partial charge in [-0.2, -0.15) is 0 Å². The maximum atomic E-state index is 14.0. The molecule has 0 saturated heterocycles. The zero-order chi connectivity index (χ0) is 15.7. The van der Waals surface area contributed by atoms with Crippen molar-refractivity contribution in [1.82, 2.24) is 10.2 Å². The van der Waals surface area contributed by atoms with E-state index < -0.39 is 11.6 Å². The largest absolute Gasteiger partial charge is 0.383 e. The number of benzene rings is 1. The van der Waals surface area contributed by atoms with E-state index in [1.165, 1.54) is 0 Å². The van der Waals surface area contributed by atoms with Crippen LogP contribution in [0.15, 0.2) is 18.2 Å². The minimum absolute atomic E-state index is 0.175. The highest BCUT2D eigenvalue weighted by molar-refractivity contribution is 5.22. The first-order chi connectivity index (χ1) is 10.1. The molecule has 1 aromatic carbocycles. The van der Waals surface area contributed by atoms with Crippen molar-refractivity contribution in [2.75, 3.05) is 40.4 Å². The lowest BCUT2D eigenvalue weighted by Crippen LogP contribution is -2.30. The molecule has 0 aliphatic rings. The second kappa shape index (κ2) is 9.82. The van der Waals surface area contributed by atoms with Crippen LogP contribution < -0.4 is 5.32 Å². The first kappa shape index (κ1) is 18.0. The number of likely N-dealkylation sites (N-methyl/N-ethyl adjacent to an activating group) is 1. The van der Waals surface area contributed by atoms with Gasteiger partial charge in [0.15, 0.2) is 11.6 Å². The lowest BCUT2D eigenvalue weighted by Gasteiger charge is -2.23. The molecule has 1 aromatic rings. The molecule has 1 atom stereocenters. The quantitative estimate of drug-likeness (QED) is 0.719. The van der Waals surface area contributed by atoms with E-state index in [1.807, 2.05) is 7.05 Å². The van der Waals surface area contributed by atoms with Crippen LogP contribution in [0.5, 0.6) is 0 Å². The molecule has 0 amide bonds. The zero-order valence-electron chi connectivity index (χ0n) is 13.2. The number of halogens is 2. The molecule has 120 valence electrons. The number of ether oxygens (including phenoxy) is 1. The number of methoxy groups -OCH3 is 1. The minimum Gasteiger partial charge on any atom is -0.383 e. The Balaban J connectivity index is 2.69. The van der Waals surface area contributed by atoms with E-state index >= 15 is 0 Å². The van der Waals surface area contributed by atoms with Crippen molar-refractivity contribution < 1.29 is 13.5 Å². The van der Waals surface area contributed by atoms with Crippen LogP contribution >= 0.6 is 0 Å². The first-order valence-electron chi connectivity index (χ1n) is 7.44. The van der Waals surface area contributed by atoms with E-state index in [0.29, 0.717) is 12.2 Å². The van der Waals surface area contributed by atoms with Gasteiger partial charge in [-0.3, -0.25) is 0 Å². The molecule has 0 radical (unpaired) electrons. The molecule has 0 aromatic heterocycles. The molecule has 0 saturated carbocycles. The molecule has 0 aliphatic carbocycles. The van der Waals surface area contributed by atoms with Gasteiger partial charge in [0.1, 0.15) is 0 Å². The van der Waals surface area contributed by atoms with Gasteiger partial charge in [-0.25, -0.2) is 8.78 Å². The minimum atomic E-state index is -0.788. The summed E-state index contributed by atoms with van der Waals surface area (Å²) in [6, 6.07) is 4.19. The lowest BCUT2D eigenvalue weighted by molar-refractivity contribution is 0.158. The Hall–Kier alpha value is -1.04. The summed E-state index contributed by atoms with van der Waals surface area (Å²) >= 11 is 0. The average Bonchev–Trinajstić information content (AvgIpc) is 2.48. The molecule has 1 rings (SSSR count). The summed E-state index contributed by atoms with van der Waals surface area (Å²) in [4.78, 5) is 2.13. The Morgan fingerprint density at radius 1 is 1.29 bits per heavy atom. The van der Waals surface area contributed by atoms with Crippen LogP contribution in [0.1, 0.15) is 31.4 Å². The number of nitrogens with one attached hydrogen (secondary N) is 1. The summed E-state index contributed by atoms with van der Waals surface area (Å²) in [5, 5.41) is 3.30.